The van der Waals surface area contributed by atoms with Gasteiger partial charge in [0.1, 0.15) is 0 Å². The van der Waals surface area contributed by atoms with E-state index in [0.717, 1.165) is 11.8 Å². The van der Waals surface area contributed by atoms with Gasteiger partial charge in [-0.2, -0.15) is 0 Å². The Kier molecular flexibility index (Phi) is 5.21. The van der Waals surface area contributed by atoms with Crippen LogP contribution in [0.15, 0.2) is 29.2 Å². The first-order valence-electron chi connectivity index (χ1n) is 3.47. The Hall–Kier alpha value is -0.960. The number of thiol groups is 1. The lowest BCUT2D eigenvalue weighted by Crippen LogP contribution is -1.78. The summed E-state index contributed by atoms with van der Waals surface area (Å²) in [5.74, 6) is -0.833. The zero-order valence-electron chi connectivity index (χ0n) is 7.11. The molecule has 0 saturated carbocycles. The van der Waals surface area contributed by atoms with Crippen molar-refractivity contribution in [1.29, 1.82) is 0 Å². The van der Waals surface area contributed by atoms with Crippen LogP contribution in [-0.2, 0) is 4.79 Å². The minimum atomic E-state index is -0.833. The summed E-state index contributed by atoms with van der Waals surface area (Å²) in [6.45, 7) is 3.15. The molecule has 0 aliphatic heterocycles. The summed E-state index contributed by atoms with van der Waals surface area (Å²) in [6, 6.07) is 8.06. The van der Waals surface area contributed by atoms with Crippen LogP contribution in [0.25, 0.3) is 0 Å². The number of hydrogen-bond acceptors (Lipinski definition) is 2. The molecule has 0 heterocycles. The Morgan fingerprint density at radius 2 is 1.67 bits per heavy atom. The molecule has 1 rings (SSSR count). The maximum absolute atomic E-state index is 9.00. The van der Waals surface area contributed by atoms with E-state index in [0.29, 0.717) is 0 Å². The van der Waals surface area contributed by atoms with Gasteiger partial charge in [-0.25, -0.2) is 0 Å². The summed E-state index contributed by atoms with van der Waals surface area (Å²) < 4.78 is 0. The topological polar surface area (TPSA) is 37.3 Å². The Morgan fingerprint density at radius 3 is 1.92 bits per heavy atom. The van der Waals surface area contributed by atoms with Gasteiger partial charge in [-0.15, -0.1) is 12.6 Å². The van der Waals surface area contributed by atoms with Crippen LogP contribution in [0.1, 0.15) is 12.5 Å². The van der Waals surface area contributed by atoms with E-state index in [1.165, 1.54) is 5.56 Å². The van der Waals surface area contributed by atoms with Crippen molar-refractivity contribution in [3.63, 3.8) is 0 Å². The summed E-state index contributed by atoms with van der Waals surface area (Å²) in [5, 5.41) is 7.42. The molecule has 1 aromatic rings. The molecule has 1 aromatic carbocycles. The molecule has 0 aromatic heterocycles. The summed E-state index contributed by atoms with van der Waals surface area (Å²) in [6.07, 6.45) is 0. The van der Waals surface area contributed by atoms with Crippen LogP contribution in [-0.4, -0.2) is 11.1 Å². The fourth-order valence-electron chi connectivity index (χ4n) is 0.545. The van der Waals surface area contributed by atoms with E-state index in [4.69, 9.17) is 9.90 Å². The number of aliphatic carboxylic acids is 1. The van der Waals surface area contributed by atoms with Gasteiger partial charge in [-0.1, -0.05) is 17.7 Å². The molecule has 0 bridgehead atoms. The summed E-state index contributed by atoms with van der Waals surface area (Å²) in [4.78, 5) is 10.0. The highest BCUT2D eigenvalue weighted by atomic mass is 32.1. The predicted octanol–water partition coefficient (Wildman–Crippen LogP) is 2.37. The third-order valence-electron chi connectivity index (χ3n) is 1.03. The molecule has 0 amide bonds. The van der Waals surface area contributed by atoms with Gasteiger partial charge in [0.25, 0.3) is 5.97 Å². The van der Waals surface area contributed by atoms with E-state index >= 15 is 0 Å². The summed E-state index contributed by atoms with van der Waals surface area (Å²) in [7, 11) is 0. The van der Waals surface area contributed by atoms with E-state index in [-0.39, 0.29) is 0 Å². The molecule has 3 heteroatoms. The van der Waals surface area contributed by atoms with Gasteiger partial charge in [0, 0.05) is 11.8 Å². The SMILES string of the molecule is CC(=O)O.Cc1ccc(S)cc1. The first-order valence-corrected chi connectivity index (χ1v) is 3.92. The second-order valence-corrected chi connectivity index (χ2v) is 2.87. The molecule has 2 nitrogen and oxygen atoms in total. The predicted molar refractivity (Wildman–Crippen MR) is 51.7 cm³/mol. The molecule has 0 spiro atoms. The fraction of sp³-hybridized carbons (Fsp3) is 0.222. The number of aryl methyl sites for hydroxylation is 1. The van der Waals surface area contributed by atoms with E-state index in [1.807, 2.05) is 24.3 Å². The van der Waals surface area contributed by atoms with Crippen molar-refractivity contribution in [1.82, 2.24) is 0 Å². The van der Waals surface area contributed by atoms with E-state index < -0.39 is 5.97 Å². The minimum Gasteiger partial charge on any atom is -0.481 e. The van der Waals surface area contributed by atoms with Crippen molar-refractivity contribution in [3.05, 3.63) is 29.8 Å². The normalized spacial score (nSPS) is 8.25. The minimum absolute atomic E-state index is 0.833. The number of hydrogen-bond donors (Lipinski definition) is 2. The largest absolute Gasteiger partial charge is 0.481 e. The third kappa shape index (κ3) is 7.15. The third-order valence-corrected chi connectivity index (χ3v) is 1.33. The number of carboxylic acids is 1. The zero-order valence-corrected chi connectivity index (χ0v) is 8.01. The summed E-state index contributed by atoms with van der Waals surface area (Å²) >= 11 is 4.13. The second-order valence-electron chi connectivity index (χ2n) is 2.35. The summed E-state index contributed by atoms with van der Waals surface area (Å²) in [5.41, 5.74) is 1.28. The first kappa shape index (κ1) is 11.0. The van der Waals surface area contributed by atoms with Crippen LogP contribution in [0.3, 0.4) is 0 Å². The molecule has 0 saturated heterocycles. The first-order chi connectivity index (χ1) is 5.52. The van der Waals surface area contributed by atoms with Crippen molar-refractivity contribution in [2.75, 3.05) is 0 Å². The fourth-order valence-corrected chi connectivity index (χ4v) is 0.694. The smallest absolute Gasteiger partial charge is 0.300 e. The van der Waals surface area contributed by atoms with Gasteiger partial charge in [0.05, 0.1) is 0 Å². The van der Waals surface area contributed by atoms with Gasteiger partial charge >= 0.3 is 0 Å². The molecular formula is C9H12O2S. The van der Waals surface area contributed by atoms with Gasteiger partial charge in [0.15, 0.2) is 0 Å². The highest BCUT2D eigenvalue weighted by Gasteiger charge is 1.80. The van der Waals surface area contributed by atoms with Crippen LogP contribution < -0.4 is 0 Å². The Labute approximate surface area is 77.6 Å². The maximum atomic E-state index is 9.00. The zero-order chi connectivity index (χ0) is 9.56. The van der Waals surface area contributed by atoms with Crippen LogP contribution in [0.2, 0.25) is 0 Å². The Morgan fingerprint density at radius 1 is 1.33 bits per heavy atom. The molecule has 0 unspecified atom stereocenters. The average molecular weight is 184 g/mol. The molecule has 0 atom stereocenters. The van der Waals surface area contributed by atoms with E-state index in [9.17, 15) is 0 Å². The quantitative estimate of drug-likeness (QED) is 0.607. The Bertz CT molecular complexity index is 216. The number of rotatable bonds is 0. The van der Waals surface area contributed by atoms with Gasteiger partial charge < -0.3 is 5.11 Å². The Balaban J connectivity index is 0.000000261. The molecule has 0 fully saturated rings. The molecule has 0 aliphatic rings. The van der Waals surface area contributed by atoms with Gasteiger partial charge in [-0.05, 0) is 19.1 Å². The van der Waals surface area contributed by atoms with Crippen LogP contribution in [0.4, 0.5) is 0 Å². The highest BCUT2D eigenvalue weighted by Crippen LogP contribution is 2.05. The van der Waals surface area contributed by atoms with Crippen molar-refractivity contribution in [2.45, 2.75) is 18.7 Å². The second kappa shape index (κ2) is 5.66. The lowest BCUT2D eigenvalue weighted by molar-refractivity contribution is -0.134. The van der Waals surface area contributed by atoms with Gasteiger partial charge in [0.2, 0.25) is 0 Å². The number of carbonyl (C=O) groups is 1. The van der Waals surface area contributed by atoms with Crippen LogP contribution in [0, 0.1) is 6.92 Å². The maximum Gasteiger partial charge on any atom is 0.300 e. The molecule has 12 heavy (non-hydrogen) atoms. The van der Waals surface area contributed by atoms with E-state index in [2.05, 4.69) is 19.6 Å². The standard InChI is InChI=1S/C7H8S.C2H4O2/c1-6-2-4-7(8)5-3-6;1-2(3)4/h2-5,8H,1H3;1H3,(H,3,4). The molecule has 0 aliphatic carbocycles. The molecule has 0 radical (unpaired) electrons. The van der Waals surface area contributed by atoms with Crippen LogP contribution >= 0.6 is 12.6 Å². The van der Waals surface area contributed by atoms with Crippen molar-refractivity contribution in [2.24, 2.45) is 0 Å². The lowest BCUT2D eigenvalue weighted by atomic mass is 10.2. The van der Waals surface area contributed by atoms with Crippen LogP contribution in [0.5, 0.6) is 0 Å². The van der Waals surface area contributed by atoms with E-state index in [1.54, 1.807) is 0 Å². The monoisotopic (exact) mass is 184 g/mol. The number of benzene rings is 1. The molecule has 1 N–H and O–H groups in total. The van der Waals surface area contributed by atoms with Crippen molar-refractivity contribution in [3.8, 4) is 0 Å². The number of carboxylic acid groups (broad SMARTS) is 1. The molecular weight excluding hydrogens is 172 g/mol. The molecule has 66 valence electrons. The van der Waals surface area contributed by atoms with Gasteiger partial charge in [-0.3, -0.25) is 4.79 Å². The highest BCUT2D eigenvalue weighted by molar-refractivity contribution is 7.80. The van der Waals surface area contributed by atoms with Crippen molar-refractivity contribution >= 4 is 18.6 Å². The lowest BCUT2D eigenvalue weighted by Gasteiger charge is -1.89. The average Bonchev–Trinajstić information content (AvgIpc) is 1.94. The van der Waals surface area contributed by atoms with Crippen molar-refractivity contribution < 1.29 is 9.90 Å².